The van der Waals surface area contributed by atoms with E-state index in [1.54, 1.807) is 0 Å². The molecular formula is C19H30N2. The molecule has 0 aromatic heterocycles. The number of rotatable bonds is 11. The van der Waals surface area contributed by atoms with Gasteiger partial charge in [-0.15, -0.1) is 0 Å². The zero-order chi connectivity index (χ0) is 15.3. The van der Waals surface area contributed by atoms with Crippen LogP contribution in [-0.4, -0.2) is 24.5 Å². The van der Waals surface area contributed by atoms with Gasteiger partial charge in [0, 0.05) is 0 Å². The summed E-state index contributed by atoms with van der Waals surface area (Å²) in [5, 5.41) is 9.36. The van der Waals surface area contributed by atoms with Crippen LogP contribution in [0.1, 0.15) is 63.9 Å². The summed E-state index contributed by atoms with van der Waals surface area (Å²) in [5.41, 5.74) is 1.16. The van der Waals surface area contributed by atoms with Crippen molar-refractivity contribution in [1.82, 2.24) is 4.90 Å². The second kappa shape index (κ2) is 11.3. The lowest BCUT2D eigenvalue weighted by Gasteiger charge is -2.22. The zero-order valence-corrected chi connectivity index (χ0v) is 13.7. The molecule has 1 aromatic carbocycles. The minimum atomic E-state index is 0.0467. The SMILES string of the molecule is CCCCN(CCCC)CCCC(C#N)c1ccccc1. The van der Waals surface area contributed by atoms with Gasteiger partial charge in [-0.2, -0.15) is 5.26 Å². The third kappa shape index (κ3) is 7.29. The molecule has 0 aliphatic heterocycles. The molecule has 1 aromatic rings. The second-order valence-corrected chi connectivity index (χ2v) is 5.78. The third-order valence-electron chi connectivity index (χ3n) is 3.98. The van der Waals surface area contributed by atoms with Gasteiger partial charge in [0.2, 0.25) is 0 Å². The Morgan fingerprint density at radius 3 is 2.05 bits per heavy atom. The Kier molecular flexibility index (Phi) is 9.57. The average molecular weight is 286 g/mol. The molecule has 0 fully saturated rings. The van der Waals surface area contributed by atoms with E-state index in [4.69, 9.17) is 0 Å². The Labute approximate surface area is 130 Å². The summed E-state index contributed by atoms with van der Waals surface area (Å²) >= 11 is 0. The highest BCUT2D eigenvalue weighted by Crippen LogP contribution is 2.20. The second-order valence-electron chi connectivity index (χ2n) is 5.78. The summed E-state index contributed by atoms with van der Waals surface area (Å²) in [6, 6.07) is 12.7. The smallest absolute Gasteiger partial charge is 0.0713 e. The molecule has 0 aliphatic carbocycles. The minimum absolute atomic E-state index is 0.0467. The van der Waals surface area contributed by atoms with Crippen molar-refractivity contribution < 1.29 is 0 Å². The maximum Gasteiger partial charge on any atom is 0.0713 e. The van der Waals surface area contributed by atoms with Crippen LogP contribution in [0.25, 0.3) is 0 Å². The molecule has 0 radical (unpaired) electrons. The van der Waals surface area contributed by atoms with Crippen molar-refractivity contribution in [2.75, 3.05) is 19.6 Å². The Balaban J connectivity index is 2.38. The fourth-order valence-electron chi connectivity index (χ4n) is 2.61. The van der Waals surface area contributed by atoms with Gasteiger partial charge in [-0.05, 0) is 50.9 Å². The fourth-order valence-corrected chi connectivity index (χ4v) is 2.61. The lowest BCUT2D eigenvalue weighted by atomic mass is 9.95. The van der Waals surface area contributed by atoms with E-state index in [1.165, 1.54) is 38.8 Å². The van der Waals surface area contributed by atoms with Crippen LogP contribution >= 0.6 is 0 Å². The molecule has 1 rings (SSSR count). The predicted octanol–water partition coefficient (Wildman–Crippen LogP) is 4.98. The lowest BCUT2D eigenvalue weighted by molar-refractivity contribution is 0.259. The van der Waals surface area contributed by atoms with Gasteiger partial charge in [-0.25, -0.2) is 0 Å². The number of unbranched alkanes of at least 4 members (excludes halogenated alkanes) is 2. The quantitative estimate of drug-likeness (QED) is 0.574. The van der Waals surface area contributed by atoms with Crippen LogP contribution in [0.3, 0.4) is 0 Å². The molecule has 0 spiro atoms. The minimum Gasteiger partial charge on any atom is -0.303 e. The van der Waals surface area contributed by atoms with E-state index < -0.39 is 0 Å². The van der Waals surface area contributed by atoms with Crippen molar-refractivity contribution in [1.29, 1.82) is 5.26 Å². The molecule has 0 N–H and O–H groups in total. The molecule has 0 bridgehead atoms. The van der Waals surface area contributed by atoms with Gasteiger partial charge in [0.25, 0.3) is 0 Å². The number of hydrogen-bond donors (Lipinski definition) is 0. The summed E-state index contributed by atoms with van der Waals surface area (Å²) in [6.07, 6.45) is 7.16. The first-order valence-electron chi connectivity index (χ1n) is 8.48. The monoisotopic (exact) mass is 286 g/mol. The van der Waals surface area contributed by atoms with Gasteiger partial charge in [0.05, 0.1) is 12.0 Å². The van der Waals surface area contributed by atoms with Crippen molar-refractivity contribution in [3.05, 3.63) is 35.9 Å². The molecule has 116 valence electrons. The fraction of sp³-hybridized carbons (Fsp3) is 0.632. The van der Waals surface area contributed by atoms with Crippen molar-refractivity contribution in [2.24, 2.45) is 0 Å². The van der Waals surface area contributed by atoms with Gasteiger partial charge in [0.15, 0.2) is 0 Å². The molecule has 0 aliphatic rings. The maximum absolute atomic E-state index is 9.36. The van der Waals surface area contributed by atoms with E-state index in [-0.39, 0.29) is 5.92 Å². The topological polar surface area (TPSA) is 27.0 Å². The van der Waals surface area contributed by atoms with Crippen molar-refractivity contribution in [2.45, 2.75) is 58.3 Å². The number of benzene rings is 1. The molecule has 2 nitrogen and oxygen atoms in total. The molecule has 0 heterocycles. The van der Waals surface area contributed by atoms with Crippen molar-refractivity contribution in [3.63, 3.8) is 0 Å². The summed E-state index contributed by atoms with van der Waals surface area (Å²) < 4.78 is 0. The molecule has 0 saturated carbocycles. The van der Waals surface area contributed by atoms with Crippen LogP contribution in [0.15, 0.2) is 30.3 Å². The van der Waals surface area contributed by atoms with Crippen LogP contribution in [0.5, 0.6) is 0 Å². The highest BCUT2D eigenvalue weighted by molar-refractivity contribution is 5.24. The predicted molar refractivity (Wildman–Crippen MR) is 90.3 cm³/mol. The van der Waals surface area contributed by atoms with E-state index in [9.17, 15) is 5.26 Å². The van der Waals surface area contributed by atoms with Gasteiger partial charge >= 0.3 is 0 Å². The van der Waals surface area contributed by atoms with E-state index in [0.29, 0.717) is 0 Å². The van der Waals surface area contributed by atoms with E-state index in [2.05, 4.69) is 36.9 Å². The lowest BCUT2D eigenvalue weighted by Crippen LogP contribution is -2.27. The van der Waals surface area contributed by atoms with Gasteiger partial charge in [0.1, 0.15) is 0 Å². The molecule has 21 heavy (non-hydrogen) atoms. The van der Waals surface area contributed by atoms with Crippen LogP contribution < -0.4 is 0 Å². The zero-order valence-electron chi connectivity index (χ0n) is 13.7. The average Bonchev–Trinajstić information content (AvgIpc) is 2.54. The normalized spacial score (nSPS) is 12.3. The summed E-state index contributed by atoms with van der Waals surface area (Å²) in [7, 11) is 0. The summed E-state index contributed by atoms with van der Waals surface area (Å²) in [5.74, 6) is 0.0467. The Morgan fingerprint density at radius 2 is 1.52 bits per heavy atom. The first-order valence-corrected chi connectivity index (χ1v) is 8.48. The Morgan fingerprint density at radius 1 is 0.952 bits per heavy atom. The van der Waals surface area contributed by atoms with E-state index >= 15 is 0 Å². The molecule has 0 saturated heterocycles. The standard InChI is InChI=1S/C19H30N2/c1-3-5-14-21(15-6-4-2)16-10-13-19(17-20)18-11-8-7-9-12-18/h7-9,11-12,19H,3-6,10,13-16H2,1-2H3. The number of hydrogen-bond acceptors (Lipinski definition) is 2. The van der Waals surface area contributed by atoms with Gasteiger partial charge in [-0.1, -0.05) is 57.0 Å². The van der Waals surface area contributed by atoms with Gasteiger partial charge < -0.3 is 4.90 Å². The van der Waals surface area contributed by atoms with Crippen molar-refractivity contribution >= 4 is 0 Å². The number of nitrogens with zero attached hydrogens (tertiary/aromatic N) is 2. The summed E-state index contributed by atoms with van der Waals surface area (Å²) in [6.45, 7) is 8.04. The maximum atomic E-state index is 9.36. The molecular weight excluding hydrogens is 256 g/mol. The van der Waals surface area contributed by atoms with Crippen LogP contribution in [0.2, 0.25) is 0 Å². The molecule has 2 heteroatoms. The van der Waals surface area contributed by atoms with Crippen LogP contribution in [-0.2, 0) is 0 Å². The van der Waals surface area contributed by atoms with Crippen LogP contribution in [0.4, 0.5) is 0 Å². The van der Waals surface area contributed by atoms with Crippen LogP contribution in [0, 0.1) is 11.3 Å². The molecule has 1 unspecified atom stereocenters. The largest absolute Gasteiger partial charge is 0.303 e. The van der Waals surface area contributed by atoms with E-state index in [0.717, 1.165) is 24.9 Å². The van der Waals surface area contributed by atoms with Gasteiger partial charge in [-0.3, -0.25) is 0 Å². The van der Waals surface area contributed by atoms with E-state index in [1.807, 2.05) is 18.2 Å². The Bertz CT molecular complexity index is 386. The first-order chi connectivity index (χ1) is 10.3. The molecule has 0 amide bonds. The highest BCUT2D eigenvalue weighted by atomic mass is 15.1. The molecule has 1 atom stereocenters. The highest BCUT2D eigenvalue weighted by Gasteiger charge is 2.11. The Hall–Kier alpha value is -1.33. The first kappa shape index (κ1) is 17.7. The summed E-state index contributed by atoms with van der Waals surface area (Å²) in [4.78, 5) is 2.58. The third-order valence-corrected chi connectivity index (χ3v) is 3.98. The number of nitriles is 1. The van der Waals surface area contributed by atoms with Crippen molar-refractivity contribution in [3.8, 4) is 6.07 Å².